The molecule has 28 heavy (non-hydrogen) atoms. The highest BCUT2D eigenvalue weighted by atomic mass is 16.5. The lowest BCUT2D eigenvalue weighted by atomic mass is 9.74. The molecule has 2 unspecified atom stereocenters. The van der Waals surface area contributed by atoms with Crippen LogP contribution in [0.3, 0.4) is 0 Å². The molecule has 154 valence electrons. The highest BCUT2D eigenvalue weighted by Gasteiger charge is 2.36. The summed E-state index contributed by atoms with van der Waals surface area (Å²) in [5.74, 6) is 0.492. The largest absolute Gasteiger partial charge is 0.381 e. The summed E-state index contributed by atoms with van der Waals surface area (Å²) < 4.78 is 11.6. The number of carbonyl (C=O) groups excluding carboxylic acids is 1. The average molecular weight is 387 g/mol. The van der Waals surface area contributed by atoms with Crippen molar-refractivity contribution in [2.75, 3.05) is 39.5 Å². The number of nitrogens with one attached hydrogen (secondary N) is 1. The van der Waals surface area contributed by atoms with Gasteiger partial charge in [-0.25, -0.2) is 4.79 Å². The van der Waals surface area contributed by atoms with Crippen LogP contribution < -0.4 is 5.32 Å². The lowest BCUT2D eigenvalue weighted by Crippen LogP contribution is -2.52. The number of nitrogens with zero attached hydrogens (tertiary/aromatic N) is 1. The fourth-order valence-electron chi connectivity index (χ4n) is 5.11. The van der Waals surface area contributed by atoms with Gasteiger partial charge in [0.05, 0.1) is 6.10 Å². The SMILES string of the molecule is O=C(NCC1(c2ccccc2)CCOCC1)N1CCCC(C2CCCCO2)C1. The van der Waals surface area contributed by atoms with Crippen molar-refractivity contribution in [1.82, 2.24) is 10.2 Å². The Morgan fingerprint density at radius 1 is 1.07 bits per heavy atom. The normalized spacial score (nSPS) is 27.9. The number of hydrogen-bond donors (Lipinski definition) is 1. The van der Waals surface area contributed by atoms with Gasteiger partial charge in [0.2, 0.25) is 0 Å². The van der Waals surface area contributed by atoms with E-state index in [1.807, 2.05) is 4.90 Å². The molecule has 4 rings (SSSR count). The number of likely N-dealkylation sites (tertiary alicyclic amines) is 1. The Bertz CT molecular complexity index is 624. The third-order valence-electron chi connectivity index (χ3n) is 6.90. The quantitative estimate of drug-likeness (QED) is 0.858. The van der Waals surface area contributed by atoms with E-state index in [0.29, 0.717) is 18.6 Å². The smallest absolute Gasteiger partial charge is 0.317 e. The van der Waals surface area contributed by atoms with Crippen molar-refractivity contribution >= 4 is 6.03 Å². The van der Waals surface area contributed by atoms with Crippen LogP contribution in [0.2, 0.25) is 0 Å². The molecule has 0 radical (unpaired) electrons. The predicted octanol–water partition coefficient (Wildman–Crippen LogP) is 3.73. The molecule has 3 fully saturated rings. The van der Waals surface area contributed by atoms with Crippen LogP contribution in [0.4, 0.5) is 4.79 Å². The van der Waals surface area contributed by atoms with Gasteiger partial charge in [0.15, 0.2) is 0 Å². The maximum atomic E-state index is 13.0. The van der Waals surface area contributed by atoms with Gasteiger partial charge in [0.25, 0.3) is 0 Å². The van der Waals surface area contributed by atoms with Crippen LogP contribution >= 0.6 is 0 Å². The lowest BCUT2D eigenvalue weighted by molar-refractivity contribution is -0.0367. The number of ether oxygens (including phenoxy) is 2. The van der Waals surface area contributed by atoms with Crippen LogP contribution in [0, 0.1) is 5.92 Å². The summed E-state index contributed by atoms with van der Waals surface area (Å²) in [5, 5.41) is 3.28. The summed E-state index contributed by atoms with van der Waals surface area (Å²) in [7, 11) is 0. The van der Waals surface area contributed by atoms with Crippen LogP contribution in [0.1, 0.15) is 50.5 Å². The van der Waals surface area contributed by atoms with Crippen molar-refractivity contribution in [3.05, 3.63) is 35.9 Å². The minimum Gasteiger partial charge on any atom is -0.381 e. The number of rotatable bonds is 4. The minimum absolute atomic E-state index is 0.0170. The standard InChI is InChI=1S/C23H34N2O3/c26-22(25-13-6-7-19(17-25)21-10-4-5-14-28-21)24-18-23(11-15-27-16-12-23)20-8-2-1-3-9-20/h1-3,8-9,19,21H,4-7,10-18H2,(H,24,26). The van der Waals surface area contributed by atoms with Gasteiger partial charge >= 0.3 is 6.03 Å². The summed E-state index contributed by atoms with van der Waals surface area (Å²) >= 11 is 0. The molecule has 1 N–H and O–H groups in total. The molecule has 0 saturated carbocycles. The molecule has 3 saturated heterocycles. The number of hydrogen-bond acceptors (Lipinski definition) is 3. The first kappa shape index (κ1) is 19.7. The third-order valence-corrected chi connectivity index (χ3v) is 6.90. The van der Waals surface area contributed by atoms with Gasteiger partial charge in [-0.05, 0) is 50.5 Å². The van der Waals surface area contributed by atoms with E-state index in [1.54, 1.807) is 0 Å². The molecule has 0 aromatic heterocycles. The molecule has 3 aliphatic rings. The zero-order valence-corrected chi connectivity index (χ0v) is 16.9. The zero-order chi connectivity index (χ0) is 19.2. The monoisotopic (exact) mass is 386 g/mol. The zero-order valence-electron chi connectivity index (χ0n) is 16.9. The van der Waals surface area contributed by atoms with Crippen molar-refractivity contribution in [2.45, 2.75) is 56.5 Å². The molecule has 0 aliphatic carbocycles. The highest BCUT2D eigenvalue weighted by molar-refractivity contribution is 5.74. The maximum absolute atomic E-state index is 13.0. The molecule has 2 amide bonds. The topological polar surface area (TPSA) is 50.8 Å². The molecule has 1 aromatic rings. The second-order valence-electron chi connectivity index (χ2n) is 8.67. The van der Waals surface area contributed by atoms with E-state index in [2.05, 4.69) is 35.6 Å². The number of benzene rings is 1. The van der Waals surface area contributed by atoms with Crippen molar-refractivity contribution in [3.63, 3.8) is 0 Å². The van der Waals surface area contributed by atoms with E-state index < -0.39 is 0 Å². The van der Waals surface area contributed by atoms with Gasteiger partial charge in [0, 0.05) is 50.8 Å². The summed E-state index contributed by atoms with van der Waals surface area (Å²) in [4.78, 5) is 15.0. The molecule has 0 bridgehead atoms. The maximum Gasteiger partial charge on any atom is 0.317 e. The molecular formula is C23H34N2O3. The van der Waals surface area contributed by atoms with Gasteiger partial charge in [-0.2, -0.15) is 0 Å². The number of piperidine rings is 1. The molecular weight excluding hydrogens is 352 g/mol. The Kier molecular flexibility index (Phi) is 6.53. The number of carbonyl (C=O) groups is 1. The van der Waals surface area contributed by atoms with Crippen LogP contribution in [-0.4, -0.2) is 56.5 Å². The number of amides is 2. The third kappa shape index (κ3) is 4.52. The first-order valence-corrected chi connectivity index (χ1v) is 11.0. The van der Waals surface area contributed by atoms with E-state index in [0.717, 1.165) is 58.6 Å². The summed E-state index contributed by atoms with van der Waals surface area (Å²) in [6.45, 7) is 4.77. The fraction of sp³-hybridized carbons (Fsp3) is 0.696. The predicted molar refractivity (Wildman–Crippen MR) is 109 cm³/mol. The van der Waals surface area contributed by atoms with E-state index >= 15 is 0 Å². The van der Waals surface area contributed by atoms with E-state index in [1.165, 1.54) is 24.8 Å². The second-order valence-corrected chi connectivity index (χ2v) is 8.67. The number of urea groups is 1. The van der Waals surface area contributed by atoms with E-state index in [4.69, 9.17) is 9.47 Å². The average Bonchev–Trinajstić information content (AvgIpc) is 2.79. The Labute approximate surface area is 168 Å². The van der Waals surface area contributed by atoms with Crippen molar-refractivity contribution in [1.29, 1.82) is 0 Å². The lowest BCUT2D eigenvalue weighted by Gasteiger charge is -2.40. The Hall–Kier alpha value is -1.59. The first-order chi connectivity index (χ1) is 13.8. The van der Waals surface area contributed by atoms with Crippen molar-refractivity contribution in [3.8, 4) is 0 Å². The van der Waals surface area contributed by atoms with Gasteiger partial charge in [0.1, 0.15) is 0 Å². The molecule has 5 heteroatoms. The molecule has 0 spiro atoms. The van der Waals surface area contributed by atoms with Gasteiger partial charge in [-0.3, -0.25) is 0 Å². The molecule has 2 atom stereocenters. The van der Waals surface area contributed by atoms with E-state index in [-0.39, 0.29) is 11.4 Å². The molecule has 1 aromatic carbocycles. The molecule has 3 aliphatic heterocycles. The van der Waals surface area contributed by atoms with Gasteiger partial charge < -0.3 is 19.7 Å². The van der Waals surface area contributed by atoms with Crippen LogP contribution in [0.15, 0.2) is 30.3 Å². The Morgan fingerprint density at radius 3 is 2.64 bits per heavy atom. The van der Waals surface area contributed by atoms with Gasteiger partial charge in [-0.15, -0.1) is 0 Å². The van der Waals surface area contributed by atoms with Gasteiger partial charge in [-0.1, -0.05) is 30.3 Å². The van der Waals surface area contributed by atoms with Crippen molar-refractivity contribution < 1.29 is 14.3 Å². The molecule has 3 heterocycles. The summed E-state index contributed by atoms with van der Waals surface area (Å²) in [6.07, 6.45) is 8.10. The first-order valence-electron chi connectivity index (χ1n) is 11.0. The van der Waals surface area contributed by atoms with Crippen LogP contribution in [0.25, 0.3) is 0 Å². The minimum atomic E-state index is -0.0170. The van der Waals surface area contributed by atoms with Crippen molar-refractivity contribution in [2.24, 2.45) is 5.92 Å². The van der Waals surface area contributed by atoms with Crippen LogP contribution in [-0.2, 0) is 14.9 Å². The summed E-state index contributed by atoms with van der Waals surface area (Å²) in [6, 6.07) is 10.7. The Morgan fingerprint density at radius 2 is 1.89 bits per heavy atom. The van der Waals surface area contributed by atoms with E-state index in [9.17, 15) is 4.79 Å². The summed E-state index contributed by atoms with van der Waals surface area (Å²) in [5.41, 5.74) is 1.29. The second kappa shape index (κ2) is 9.27. The fourth-order valence-corrected chi connectivity index (χ4v) is 5.11. The molecule has 5 nitrogen and oxygen atoms in total. The van der Waals surface area contributed by atoms with Crippen LogP contribution in [0.5, 0.6) is 0 Å². The Balaban J connectivity index is 1.37. The highest BCUT2D eigenvalue weighted by Crippen LogP contribution is 2.34.